The predicted molar refractivity (Wildman–Crippen MR) is 117 cm³/mol. The molecule has 2 fully saturated rings. The lowest BCUT2D eigenvalue weighted by atomic mass is 9.75. The number of pyridine rings is 1. The van der Waals surface area contributed by atoms with Crippen molar-refractivity contribution in [3.05, 3.63) is 33.2 Å². The highest BCUT2D eigenvalue weighted by molar-refractivity contribution is 6.02. The summed E-state index contributed by atoms with van der Waals surface area (Å²) in [5.74, 6) is -0.0820. The van der Waals surface area contributed by atoms with E-state index < -0.39 is 5.56 Å². The van der Waals surface area contributed by atoms with E-state index in [0.717, 1.165) is 25.7 Å². The number of ketones is 1. The highest BCUT2D eigenvalue weighted by Crippen LogP contribution is 2.33. The standard InChI is InChI=1S/C24H33N3O4/c1-24(2)13-19-17(20(28)14-24)12-18(22(30)26-19)23(31)27-10-8-16(9-11-27)25-21(29)15-6-4-3-5-7-15/h12,15-16H,3-11,13-14H2,1-2H3,(H,25,29)(H,26,30). The second-order valence-corrected chi connectivity index (χ2v) is 10.3. The summed E-state index contributed by atoms with van der Waals surface area (Å²) in [6, 6.07) is 1.56. The number of piperidine rings is 1. The first-order valence-electron chi connectivity index (χ1n) is 11.6. The number of nitrogens with zero attached hydrogens (tertiary/aromatic N) is 1. The second kappa shape index (κ2) is 8.60. The van der Waals surface area contributed by atoms with Crippen LogP contribution in [-0.4, -0.2) is 46.6 Å². The lowest BCUT2D eigenvalue weighted by Gasteiger charge is -2.34. The van der Waals surface area contributed by atoms with E-state index in [9.17, 15) is 19.2 Å². The molecular weight excluding hydrogens is 394 g/mol. The van der Waals surface area contributed by atoms with Gasteiger partial charge in [0.15, 0.2) is 5.78 Å². The van der Waals surface area contributed by atoms with Crippen molar-refractivity contribution in [1.29, 1.82) is 0 Å². The zero-order valence-corrected chi connectivity index (χ0v) is 18.6. The number of fused-ring (bicyclic) bond motifs is 1. The van der Waals surface area contributed by atoms with Crippen LogP contribution in [-0.2, 0) is 11.2 Å². The van der Waals surface area contributed by atoms with Gasteiger partial charge in [-0.2, -0.15) is 0 Å². The van der Waals surface area contributed by atoms with Crippen LogP contribution in [0.1, 0.15) is 91.6 Å². The van der Waals surface area contributed by atoms with E-state index in [2.05, 4.69) is 10.3 Å². The smallest absolute Gasteiger partial charge is 0.261 e. The number of carbonyl (C=O) groups excluding carboxylic acids is 3. The average molecular weight is 428 g/mol. The first-order valence-corrected chi connectivity index (χ1v) is 11.6. The summed E-state index contributed by atoms with van der Waals surface area (Å²) in [6.07, 6.45) is 7.80. The maximum atomic E-state index is 13.0. The first kappa shape index (κ1) is 21.8. The number of hydrogen-bond donors (Lipinski definition) is 2. The summed E-state index contributed by atoms with van der Waals surface area (Å²) in [7, 11) is 0. The summed E-state index contributed by atoms with van der Waals surface area (Å²) < 4.78 is 0. The van der Waals surface area contributed by atoms with Crippen molar-refractivity contribution in [3.63, 3.8) is 0 Å². The molecule has 1 aromatic rings. The Bertz CT molecular complexity index is 935. The van der Waals surface area contributed by atoms with E-state index in [-0.39, 0.29) is 40.5 Å². The number of aromatic nitrogens is 1. The van der Waals surface area contributed by atoms with Gasteiger partial charge in [-0.3, -0.25) is 19.2 Å². The van der Waals surface area contributed by atoms with Gasteiger partial charge in [-0.25, -0.2) is 0 Å². The largest absolute Gasteiger partial charge is 0.353 e. The Balaban J connectivity index is 1.39. The molecule has 2 heterocycles. The van der Waals surface area contributed by atoms with Gasteiger partial charge in [0.2, 0.25) is 5.91 Å². The van der Waals surface area contributed by atoms with Crippen molar-refractivity contribution in [2.24, 2.45) is 11.3 Å². The van der Waals surface area contributed by atoms with Crippen LogP contribution >= 0.6 is 0 Å². The average Bonchev–Trinajstić information content (AvgIpc) is 2.73. The number of aromatic amines is 1. The third-order valence-corrected chi connectivity index (χ3v) is 7.05. The van der Waals surface area contributed by atoms with Gasteiger partial charge in [0.05, 0.1) is 0 Å². The number of rotatable bonds is 3. The Morgan fingerprint density at radius 3 is 2.39 bits per heavy atom. The molecule has 4 rings (SSSR count). The molecule has 0 spiro atoms. The third kappa shape index (κ3) is 4.75. The van der Waals surface area contributed by atoms with Gasteiger partial charge in [-0.15, -0.1) is 0 Å². The van der Waals surface area contributed by atoms with Gasteiger partial charge in [-0.1, -0.05) is 33.1 Å². The molecule has 7 nitrogen and oxygen atoms in total. The molecule has 2 aliphatic carbocycles. The molecule has 0 aromatic carbocycles. The number of carbonyl (C=O) groups is 3. The number of amides is 2. The van der Waals surface area contributed by atoms with E-state index in [1.54, 1.807) is 4.90 Å². The monoisotopic (exact) mass is 427 g/mol. The van der Waals surface area contributed by atoms with Gasteiger partial charge in [0, 0.05) is 42.7 Å². The Kier molecular flexibility index (Phi) is 6.04. The SMILES string of the molecule is CC1(C)CC(=O)c2cc(C(=O)N3CCC(NC(=O)C4CCCCC4)CC3)c(=O)[nH]c2C1. The highest BCUT2D eigenvalue weighted by atomic mass is 16.2. The minimum atomic E-state index is -0.429. The van der Waals surface area contributed by atoms with Crippen LogP contribution < -0.4 is 10.9 Å². The zero-order valence-electron chi connectivity index (χ0n) is 18.6. The van der Waals surface area contributed by atoms with E-state index in [4.69, 9.17) is 0 Å². The molecule has 1 saturated carbocycles. The molecule has 1 aliphatic heterocycles. The number of likely N-dealkylation sites (tertiary alicyclic amines) is 1. The van der Waals surface area contributed by atoms with Gasteiger partial charge in [0.25, 0.3) is 11.5 Å². The van der Waals surface area contributed by atoms with Crippen LogP contribution in [0.25, 0.3) is 0 Å². The summed E-state index contributed by atoms with van der Waals surface area (Å²) in [5.41, 5.74) is 0.519. The Labute approximate surface area is 183 Å². The van der Waals surface area contributed by atoms with Crippen LogP contribution in [0, 0.1) is 11.3 Å². The van der Waals surface area contributed by atoms with Crippen LogP contribution in [0.3, 0.4) is 0 Å². The van der Waals surface area contributed by atoms with Crippen LogP contribution in [0.2, 0.25) is 0 Å². The van der Waals surface area contributed by atoms with E-state index in [1.165, 1.54) is 12.5 Å². The summed E-state index contributed by atoms with van der Waals surface area (Å²) >= 11 is 0. The van der Waals surface area contributed by atoms with Crippen molar-refractivity contribution in [2.75, 3.05) is 13.1 Å². The maximum Gasteiger partial charge on any atom is 0.261 e. The normalized spacial score (nSPS) is 22.1. The molecule has 1 aromatic heterocycles. The summed E-state index contributed by atoms with van der Waals surface area (Å²) in [4.78, 5) is 55.1. The molecule has 168 valence electrons. The minimum Gasteiger partial charge on any atom is -0.353 e. The molecule has 0 atom stereocenters. The fourth-order valence-corrected chi connectivity index (χ4v) is 5.27. The fourth-order valence-electron chi connectivity index (χ4n) is 5.27. The molecule has 2 N–H and O–H groups in total. The lowest BCUT2D eigenvalue weighted by Crippen LogP contribution is -2.48. The van der Waals surface area contributed by atoms with Crippen LogP contribution in [0.15, 0.2) is 10.9 Å². The third-order valence-electron chi connectivity index (χ3n) is 7.05. The molecule has 7 heteroatoms. The molecular formula is C24H33N3O4. The van der Waals surface area contributed by atoms with Crippen molar-refractivity contribution in [3.8, 4) is 0 Å². The predicted octanol–water partition coefficient (Wildman–Crippen LogP) is 2.83. The highest BCUT2D eigenvalue weighted by Gasteiger charge is 2.34. The maximum absolute atomic E-state index is 13.0. The number of nitrogens with one attached hydrogen (secondary N) is 2. The summed E-state index contributed by atoms with van der Waals surface area (Å²) in [6.45, 7) is 4.99. The zero-order chi connectivity index (χ0) is 22.2. The van der Waals surface area contributed by atoms with Crippen LogP contribution in [0.5, 0.6) is 0 Å². The Morgan fingerprint density at radius 1 is 1.03 bits per heavy atom. The minimum absolute atomic E-state index is 0.0271. The molecule has 0 radical (unpaired) electrons. The Morgan fingerprint density at radius 2 is 1.71 bits per heavy atom. The quantitative estimate of drug-likeness (QED) is 0.775. The number of H-pyrrole nitrogens is 1. The molecule has 31 heavy (non-hydrogen) atoms. The summed E-state index contributed by atoms with van der Waals surface area (Å²) in [5, 5.41) is 3.16. The lowest BCUT2D eigenvalue weighted by molar-refractivity contribution is -0.126. The van der Waals surface area contributed by atoms with Gasteiger partial charge < -0.3 is 15.2 Å². The van der Waals surface area contributed by atoms with Crippen molar-refractivity contribution in [1.82, 2.24) is 15.2 Å². The van der Waals surface area contributed by atoms with Crippen molar-refractivity contribution in [2.45, 2.75) is 77.7 Å². The van der Waals surface area contributed by atoms with Gasteiger partial charge >= 0.3 is 0 Å². The van der Waals surface area contributed by atoms with E-state index >= 15 is 0 Å². The van der Waals surface area contributed by atoms with Crippen molar-refractivity contribution < 1.29 is 14.4 Å². The van der Waals surface area contributed by atoms with Crippen molar-refractivity contribution >= 4 is 17.6 Å². The number of hydrogen-bond acceptors (Lipinski definition) is 4. The number of Topliss-reactive ketones (excluding diaryl/α,β-unsaturated/α-hetero) is 1. The first-order chi connectivity index (χ1) is 14.7. The van der Waals surface area contributed by atoms with Gasteiger partial charge in [0.1, 0.15) is 5.56 Å². The molecule has 1 saturated heterocycles. The van der Waals surface area contributed by atoms with E-state index in [1.807, 2.05) is 13.8 Å². The van der Waals surface area contributed by atoms with E-state index in [0.29, 0.717) is 50.0 Å². The topological polar surface area (TPSA) is 99.3 Å². The second-order valence-electron chi connectivity index (χ2n) is 10.3. The Hall–Kier alpha value is -2.44. The molecule has 0 bridgehead atoms. The molecule has 3 aliphatic rings. The fraction of sp³-hybridized carbons (Fsp3) is 0.667. The van der Waals surface area contributed by atoms with Gasteiger partial charge in [-0.05, 0) is 43.6 Å². The molecule has 0 unspecified atom stereocenters. The molecule has 2 amide bonds. The van der Waals surface area contributed by atoms with Crippen LogP contribution in [0.4, 0.5) is 0 Å².